The zero-order chi connectivity index (χ0) is 33.2. The lowest BCUT2D eigenvalue weighted by molar-refractivity contribution is -0.141. The van der Waals surface area contributed by atoms with Gasteiger partial charge < -0.3 is 9.84 Å². The molecule has 0 bridgehead atoms. The van der Waals surface area contributed by atoms with E-state index < -0.39 is 33.8 Å². The number of aliphatic carboxylic acids is 1. The lowest BCUT2D eigenvalue weighted by Crippen LogP contribution is -2.43. The smallest absolute Gasteiger partial charge is 0.416 e. The first-order valence-electron chi connectivity index (χ1n) is 13.8. The number of nitrogens with zero attached hydrogens (tertiary/aromatic N) is 3. The second-order valence-electron chi connectivity index (χ2n) is 10.3. The summed E-state index contributed by atoms with van der Waals surface area (Å²) in [6.07, 6.45) is -4.55. The predicted molar refractivity (Wildman–Crippen MR) is 170 cm³/mol. The average Bonchev–Trinajstić information content (AvgIpc) is 3.40. The Morgan fingerprint density at radius 2 is 1.52 bits per heavy atom. The lowest BCUT2D eigenvalue weighted by Gasteiger charge is -2.24. The Morgan fingerprint density at radius 3 is 2.07 bits per heavy atom. The number of hydrogen-bond acceptors (Lipinski definition) is 5. The molecule has 1 aromatic heterocycles. The Morgan fingerprint density at radius 1 is 0.935 bits per heavy atom. The first-order chi connectivity index (χ1) is 21.8. The van der Waals surface area contributed by atoms with Crippen LogP contribution in [0.3, 0.4) is 0 Å². The molecule has 0 spiro atoms. The predicted octanol–water partition coefficient (Wildman–Crippen LogP) is 7.31. The van der Waals surface area contributed by atoms with Crippen LogP contribution in [-0.4, -0.2) is 53.8 Å². The van der Waals surface area contributed by atoms with Gasteiger partial charge in [0, 0.05) is 18.2 Å². The van der Waals surface area contributed by atoms with Gasteiger partial charge in [0.25, 0.3) is 0 Å². The number of alkyl halides is 3. The molecule has 46 heavy (non-hydrogen) atoms. The fourth-order valence-electron chi connectivity index (χ4n) is 4.89. The minimum atomic E-state index is -4.51. The van der Waals surface area contributed by atoms with E-state index in [1.54, 1.807) is 54.6 Å². The van der Waals surface area contributed by atoms with Gasteiger partial charge >= 0.3 is 12.1 Å². The second-order valence-corrected chi connectivity index (χ2v) is 13.1. The van der Waals surface area contributed by atoms with E-state index in [1.165, 1.54) is 55.2 Å². The van der Waals surface area contributed by atoms with Crippen molar-refractivity contribution in [1.29, 1.82) is 0 Å². The number of hydrogen-bond donors (Lipinski definition) is 1. The molecule has 0 aliphatic heterocycles. The Hall–Kier alpha value is -4.46. The first-order valence-corrected chi connectivity index (χ1v) is 16.0. The van der Waals surface area contributed by atoms with Gasteiger partial charge in [0.05, 0.1) is 33.4 Å². The van der Waals surface area contributed by atoms with Gasteiger partial charge in [-0.15, -0.1) is 0 Å². The van der Waals surface area contributed by atoms with E-state index in [2.05, 4.69) is 15.9 Å². The number of benzene rings is 4. The molecule has 5 rings (SSSR count). The van der Waals surface area contributed by atoms with E-state index in [1.807, 2.05) is 0 Å². The molecule has 1 atom stereocenters. The standard InChI is InChI=1S/C33H27BrF3N3O5S/c1-39(28(32(41)42)20-21-6-4-3-5-7-21)46(43,44)27-18-14-25(15-19-27)40-31(23-8-12-24(13-9-23)33(35,36)37)29(34)30(38-40)22-10-16-26(45-2)17-11-22/h3-19,28H,20H2,1-2H3,(H,41,42)/t28-/m0/s1. The quantitative estimate of drug-likeness (QED) is 0.163. The van der Waals surface area contributed by atoms with Crippen molar-refractivity contribution in [3.05, 3.63) is 119 Å². The van der Waals surface area contributed by atoms with E-state index in [0.29, 0.717) is 44.0 Å². The largest absolute Gasteiger partial charge is 0.497 e. The summed E-state index contributed by atoms with van der Waals surface area (Å²) in [5, 5.41) is 14.6. The molecule has 0 radical (unpaired) electrons. The Labute approximate surface area is 271 Å². The number of aromatic nitrogens is 2. The van der Waals surface area contributed by atoms with Crippen molar-refractivity contribution in [2.75, 3.05) is 14.2 Å². The maximum absolute atomic E-state index is 13.5. The number of methoxy groups -OCH3 is 1. The zero-order valence-corrected chi connectivity index (χ0v) is 26.8. The highest BCUT2D eigenvalue weighted by atomic mass is 79.9. The third-order valence-corrected chi connectivity index (χ3v) is 10.1. The van der Waals surface area contributed by atoms with Crippen LogP contribution in [0.4, 0.5) is 13.2 Å². The van der Waals surface area contributed by atoms with E-state index >= 15 is 0 Å². The van der Waals surface area contributed by atoms with Gasteiger partial charge in [-0.25, -0.2) is 13.1 Å². The third-order valence-electron chi connectivity index (χ3n) is 7.43. The Balaban J connectivity index is 1.55. The molecule has 4 aromatic carbocycles. The van der Waals surface area contributed by atoms with Crippen molar-refractivity contribution in [2.24, 2.45) is 0 Å². The summed E-state index contributed by atoms with van der Waals surface area (Å²) in [6, 6.07) is 24.7. The minimum Gasteiger partial charge on any atom is -0.497 e. The summed E-state index contributed by atoms with van der Waals surface area (Å²) in [5.41, 5.74) is 2.31. The van der Waals surface area contributed by atoms with Crippen LogP contribution in [0.1, 0.15) is 11.1 Å². The van der Waals surface area contributed by atoms with E-state index in [9.17, 15) is 31.5 Å². The van der Waals surface area contributed by atoms with Crippen LogP contribution in [0.25, 0.3) is 28.2 Å². The normalized spacial score (nSPS) is 12.7. The molecule has 5 aromatic rings. The van der Waals surface area contributed by atoms with Crippen LogP contribution >= 0.6 is 15.9 Å². The van der Waals surface area contributed by atoms with E-state index in [4.69, 9.17) is 9.84 Å². The van der Waals surface area contributed by atoms with Crippen LogP contribution in [-0.2, 0) is 27.4 Å². The summed E-state index contributed by atoms with van der Waals surface area (Å²) >= 11 is 3.59. The number of likely N-dealkylation sites (N-methyl/N-ethyl adjacent to an activating group) is 1. The van der Waals surface area contributed by atoms with Gasteiger partial charge in [-0.1, -0.05) is 42.5 Å². The molecule has 0 fully saturated rings. The molecule has 0 saturated carbocycles. The van der Waals surface area contributed by atoms with Crippen molar-refractivity contribution in [2.45, 2.75) is 23.5 Å². The monoisotopic (exact) mass is 713 g/mol. The summed E-state index contributed by atoms with van der Waals surface area (Å²) < 4.78 is 75.1. The average molecular weight is 715 g/mol. The number of carboxylic acids is 1. The second kappa shape index (κ2) is 13.1. The Bertz CT molecular complexity index is 1950. The molecule has 13 heteroatoms. The Kier molecular flexibility index (Phi) is 9.38. The van der Waals surface area contributed by atoms with Crippen molar-refractivity contribution < 1.29 is 36.2 Å². The van der Waals surface area contributed by atoms with Gasteiger partial charge in [0.2, 0.25) is 10.0 Å². The summed E-state index contributed by atoms with van der Waals surface area (Å²) in [5.74, 6) is -0.668. The summed E-state index contributed by atoms with van der Waals surface area (Å²) in [4.78, 5) is 12.0. The molecule has 0 aliphatic carbocycles. The number of rotatable bonds is 10. The molecule has 1 N–H and O–H groups in total. The highest BCUT2D eigenvalue weighted by Crippen LogP contribution is 2.40. The van der Waals surface area contributed by atoms with Crippen LogP contribution < -0.4 is 4.74 Å². The van der Waals surface area contributed by atoms with Gasteiger partial charge in [0.15, 0.2) is 0 Å². The summed E-state index contributed by atoms with van der Waals surface area (Å²) in [6.45, 7) is 0. The maximum atomic E-state index is 13.5. The van der Waals surface area contributed by atoms with Crippen LogP contribution in [0.2, 0.25) is 0 Å². The number of carbonyl (C=O) groups is 1. The molecular weight excluding hydrogens is 687 g/mol. The number of ether oxygens (including phenoxy) is 1. The topological polar surface area (TPSA) is 102 Å². The van der Waals surface area contributed by atoms with Crippen LogP contribution in [0.5, 0.6) is 5.75 Å². The van der Waals surface area contributed by atoms with Gasteiger partial charge in [0.1, 0.15) is 17.5 Å². The fourth-order valence-corrected chi connectivity index (χ4v) is 6.90. The molecule has 0 aliphatic rings. The highest BCUT2D eigenvalue weighted by Gasteiger charge is 2.33. The van der Waals surface area contributed by atoms with Crippen LogP contribution in [0.15, 0.2) is 112 Å². The molecule has 1 heterocycles. The van der Waals surface area contributed by atoms with Crippen molar-refractivity contribution in [3.8, 4) is 34.0 Å². The summed E-state index contributed by atoms with van der Waals surface area (Å²) in [7, 11) is -1.48. The molecule has 0 amide bonds. The van der Waals surface area contributed by atoms with Gasteiger partial charge in [-0.2, -0.15) is 22.6 Å². The molecule has 0 unspecified atom stereocenters. The SMILES string of the molecule is COc1ccc(-c2nn(-c3ccc(S(=O)(=O)N(C)[C@@H](Cc4ccccc4)C(=O)O)cc3)c(-c3ccc(C(F)(F)F)cc3)c2Br)cc1. The molecule has 238 valence electrons. The number of sulfonamides is 1. The molecule has 0 saturated heterocycles. The van der Waals surface area contributed by atoms with Crippen LogP contribution in [0, 0.1) is 0 Å². The van der Waals surface area contributed by atoms with E-state index in [-0.39, 0.29) is 11.3 Å². The van der Waals surface area contributed by atoms with Crippen molar-refractivity contribution in [3.63, 3.8) is 0 Å². The van der Waals surface area contributed by atoms with Gasteiger partial charge in [-0.3, -0.25) is 4.79 Å². The van der Waals surface area contributed by atoms with Crippen molar-refractivity contribution >= 4 is 31.9 Å². The third kappa shape index (κ3) is 6.71. The van der Waals surface area contributed by atoms with Crippen molar-refractivity contribution in [1.82, 2.24) is 14.1 Å². The number of carboxylic acid groups (broad SMARTS) is 1. The first kappa shape index (κ1) is 32.9. The van der Waals surface area contributed by atoms with E-state index in [0.717, 1.165) is 16.4 Å². The van der Waals surface area contributed by atoms with Gasteiger partial charge in [-0.05, 0) is 88.6 Å². The maximum Gasteiger partial charge on any atom is 0.416 e. The highest BCUT2D eigenvalue weighted by molar-refractivity contribution is 9.10. The lowest BCUT2D eigenvalue weighted by atomic mass is 10.1. The fraction of sp³-hybridized carbons (Fsp3) is 0.152. The minimum absolute atomic E-state index is 0.0318. The molecular formula is C33H27BrF3N3O5S. The zero-order valence-electron chi connectivity index (χ0n) is 24.4. The molecule has 8 nitrogen and oxygen atoms in total. The number of halogens is 4.